The fraction of sp³-hybridized carbons (Fsp3) is 0.632. The first-order valence-corrected chi connectivity index (χ1v) is 10.8. The number of amides is 1. The van der Waals surface area contributed by atoms with E-state index in [1.165, 1.54) is 16.7 Å². The third kappa shape index (κ3) is 2.87. The standard InChI is InChI=1S/C19H25NO3S/c1-13-5-6-14-3-2-4-17(15(14)11-13)20-18(21)16-12-19(16)7-9-24(22,23)10-8-19/h5-6,11,16-17H,2-4,7-10,12H2,1H3,(H,20,21). The summed E-state index contributed by atoms with van der Waals surface area (Å²) in [6.45, 7) is 2.09. The number of benzene rings is 1. The lowest BCUT2D eigenvalue weighted by molar-refractivity contribution is -0.124. The van der Waals surface area contributed by atoms with Crippen molar-refractivity contribution >= 4 is 15.7 Å². The Hall–Kier alpha value is -1.36. The number of hydrogen-bond donors (Lipinski definition) is 1. The third-order valence-electron chi connectivity index (χ3n) is 6.26. The van der Waals surface area contributed by atoms with Crippen molar-refractivity contribution in [2.45, 2.75) is 51.5 Å². The lowest BCUT2D eigenvalue weighted by atomic mass is 9.86. The first-order chi connectivity index (χ1) is 11.4. The molecule has 2 atom stereocenters. The van der Waals surface area contributed by atoms with Crippen LogP contribution in [0.25, 0.3) is 0 Å². The van der Waals surface area contributed by atoms with E-state index in [0.29, 0.717) is 12.8 Å². The lowest BCUT2D eigenvalue weighted by Crippen LogP contribution is -2.35. The van der Waals surface area contributed by atoms with Crippen LogP contribution in [0.5, 0.6) is 0 Å². The SMILES string of the molecule is Cc1ccc2c(c1)C(NC(=O)C1CC13CCS(=O)(=O)CC3)CCC2. The van der Waals surface area contributed by atoms with Crippen LogP contribution < -0.4 is 5.32 Å². The zero-order chi connectivity index (χ0) is 16.9. The molecule has 1 spiro atoms. The molecular weight excluding hydrogens is 322 g/mol. The minimum absolute atomic E-state index is 0.0168. The van der Waals surface area contributed by atoms with Crippen molar-refractivity contribution in [3.63, 3.8) is 0 Å². The Kier molecular flexibility index (Phi) is 3.75. The fourth-order valence-corrected chi connectivity index (χ4v) is 6.20. The predicted molar refractivity (Wildman–Crippen MR) is 93.4 cm³/mol. The van der Waals surface area contributed by atoms with Gasteiger partial charge < -0.3 is 5.32 Å². The minimum Gasteiger partial charge on any atom is -0.349 e. The summed E-state index contributed by atoms with van der Waals surface area (Å²) in [6, 6.07) is 6.65. The van der Waals surface area contributed by atoms with Crippen molar-refractivity contribution in [1.82, 2.24) is 5.32 Å². The van der Waals surface area contributed by atoms with Crippen LogP contribution in [0, 0.1) is 18.3 Å². The van der Waals surface area contributed by atoms with Gasteiger partial charge in [0.15, 0.2) is 0 Å². The summed E-state index contributed by atoms with van der Waals surface area (Å²) in [5.74, 6) is 0.654. The van der Waals surface area contributed by atoms with Crippen LogP contribution in [-0.4, -0.2) is 25.8 Å². The van der Waals surface area contributed by atoms with Gasteiger partial charge in [-0.1, -0.05) is 23.8 Å². The monoisotopic (exact) mass is 347 g/mol. The molecule has 2 unspecified atom stereocenters. The smallest absolute Gasteiger partial charge is 0.224 e. The maximum absolute atomic E-state index is 12.7. The van der Waals surface area contributed by atoms with Gasteiger partial charge in [-0.3, -0.25) is 4.79 Å². The molecule has 4 rings (SSSR count). The highest BCUT2D eigenvalue weighted by atomic mass is 32.2. The summed E-state index contributed by atoms with van der Waals surface area (Å²) >= 11 is 0. The molecule has 0 aromatic heterocycles. The van der Waals surface area contributed by atoms with E-state index in [4.69, 9.17) is 0 Å². The molecule has 1 aliphatic heterocycles. The van der Waals surface area contributed by atoms with Gasteiger partial charge in [0.25, 0.3) is 0 Å². The minimum atomic E-state index is -2.87. The number of nitrogens with one attached hydrogen (secondary N) is 1. The maximum atomic E-state index is 12.7. The van der Waals surface area contributed by atoms with Gasteiger partial charge >= 0.3 is 0 Å². The summed E-state index contributed by atoms with van der Waals surface area (Å²) in [4.78, 5) is 12.7. The summed E-state index contributed by atoms with van der Waals surface area (Å²) < 4.78 is 23.3. The number of carbonyl (C=O) groups excluding carboxylic acids is 1. The molecular formula is C19H25NO3S. The van der Waals surface area contributed by atoms with Gasteiger partial charge in [-0.25, -0.2) is 8.42 Å². The molecule has 4 nitrogen and oxygen atoms in total. The van der Waals surface area contributed by atoms with Crippen molar-refractivity contribution in [3.05, 3.63) is 34.9 Å². The van der Waals surface area contributed by atoms with E-state index in [-0.39, 0.29) is 34.8 Å². The average Bonchev–Trinajstić information content (AvgIpc) is 3.26. The van der Waals surface area contributed by atoms with Crippen LogP contribution in [0.3, 0.4) is 0 Å². The Morgan fingerprint density at radius 1 is 1.25 bits per heavy atom. The number of rotatable bonds is 2. The zero-order valence-corrected chi connectivity index (χ0v) is 15.0. The first kappa shape index (κ1) is 16.1. The van der Waals surface area contributed by atoms with Gasteiger partial charge in [0, 0.05) is 5.92 Å². The second kappa shape index (κ2) is 5.58. The molecule has 1 heterocycles. The number of carbonyl (C=O) groups is 1. The Morgan fingerprint density at radius 2 is 2.00 bits per heavy atom. The molecule has 1 amide bonds. The Bertz CT molecular complexity index is 770. The first-order valence-electron chi connectivity index (χ1n) is 8.99. The summed E-state index contributed by atoms with van der Waals surface area (Å²) in [6.07, 6.45) is 5.38. The molecule has 5 heteroatoms. The van der Waals surface area contributed by atoms with Crippen molar-refractivity contribution in [2.24, 2.45) is 11.3 Å². The average molecular weight is 347 g/mol. The van der Waals surface area contributed by atoms with Crippen LogP contribution in [0.4, 0.5) is 0 Å². The zero-order valence-electron chi connectivity index (χ0n) is 14.2. The van der Waals surface area contributed by atoms with Crippen LogP contribution in [-0.2, 0) is 21.1 Å². The molecule has 1 aromatic rings. The number of fused-ring (bicyclic) bond motifs is 1. The van der Waals surface area contributed by atoms with Crippen LogP contribution in [0.15, 0.2) is 18.2 Å². The van der Waals surface area contributed by atoms with Gasteiger partial charge in [-0.15, -0.1) is 0 Å². The van der Waals surface area contributed by atoms with E-state index in [1.807, 2.05) is 0 Å². The normalized spacial score (nSPS) is 29.7. The molecule has 130 valence electrons. The Morgan fingerprint density at radius 3 is 2.75 bits per heavy atom. The molecule has 3 aliphatic rings. The molecule has 24 heavy (non-hydrogen) atoms. The van der Waals surface area contributed by atoms with E-state index in [2.05, 4.69) is 30.4 Å². The second-order valence-corrected chi connectivity index (χ2v) is 10.2. The molecule has 0 radical (unpaired) electrons. The molecule has 1 saturated carbocycles. The van der Waals surface area contributed by atoms with Crippen LogP contribution >= 0.6 is 0 Å². The number of sulfone groups is 1. The predicted octanol–water partition coefficient (Wildman–Crippen LogP) is 2.70. The van der Waals surface area contributed by atoms with Gasteiger partial charge in [0.05, 0.1) is 17.5 Å². The van der Waals surface area contributed by atoms with Crippen molar-refractivity contribution in [2.75, 3.05) is 11.5 Å². The van der Waals surface area contributed by atoms with Crippen LogP contribution in [0.2, 0.25) is 0 Å². The van der Waals surface area contributed by atoms with Gasteiger partial charge in [0.2, 0.25) is 5.91 Å². The molecule has 1 N–H and O–H groups in total. The fourth-order valence-electron chi connectivity index (χ4n) is 4.56. The van der Waals surface area contributed by atoms with Gasteiger partial charge in [-0.05, 0) is 62.0 Å². The van der Waals surface area contributed by atoms with Crippen molar-refractivity contribution in [1.29, 1.82) is 0 Å². The van der Waals surface area contributed by atoms with E-state index in [9.17, 15) is 13.2 Å². The summed E-state index contributed by atoms with van der Waals surface area (Å²) in [7, 11) is -2.87. The van der Waals surface area contributed by atoms with Crippen LogP contribution in [0.1, 0.15) is 54.8 Å². The van der Waals surface area contributed by atoms with E-state index in [1.54, 1.807) is 0 Å². The van der Waals surface area contributed by atoms with E-state index >= 15 is 0 Å². The highest BCUT2D eigenvalue weighted by Crippen LogP contribution is 2.60. The van der Waals surface area contributed by atoms with Gasteiger partial charge in [-0.2, -0.15) is 0 Å². The largest absolute Gasteiger partial charge is 0.349 e. The lowest BCUT2D eigenvalue weighted by Gasteiger charge is -2.28. The topological polar surface area (TPSA) is 63.2 Å². The number of hydrogen-bond acceptors (Lipinski definition) is 3. The quantitative estimate of drug-likeness (QED) is 0.895. The van der Waals surface area contributed by atoms with E-state index in [0.717, 1.165) is 25.7 Å². The molecule has 1 saturated heterocycles. The molecule has 2 fully saturated rings. The van der Waals surface area contributed by atoms with Gasteiger partial charge in [0.1, 0.15) is 9.84 Å². The highest BCUT2D eigenvalue weighted by molar-refractivity contribution is 7.91. The van der Waals surface area contributed by atoms with E-state index < -0.39 is 9.84 Å². The highest BCUT2D eigenvalue weighted by Gasteiger charge is 2.59. The maximum Gasteiger partial charge on any atom is 0.224 e. The Labute approximate surface area is 143 Å². The third-order valence-corrected chi connectivity index (χ3v) is 7.91. The van der Waals surface area contributed by atoms with Crippen molar-refractivity contribution < 1.29 is 13.2 Å². The Balaban J connectivity index is 1.45. The molecule has 0 bridgehead atoms. The number of aryl methyl sites for hydroxylation is 2. The molecule has 1 aromatic carbocycles. The molecule has 2 aliphatic carbocycles. The van der Waals surface area contributed by atoms with Crippen molar-refractivity contribution in [3.8, 4) is 0 Å². The second-order valence-electron chi connectivity index (χ2n) is 7.93. The summed E-state index contributed by atoms with van der Waals surface area (Å²) in [5.41, 5.74) is 3.83. The summed E-state index contributed by atoms with van der Waals surface area (Å²) in [5, 5.41) is 3.27.